The largest absolute Gasteiger partial charge is 0.207 e. The maximum Gasteiger partial charge on any atom is 0.128 e. The van der Waals surface area contributed by atoms with Crippen LogP contribution in [0.25, 0.3) is 0 Å². The highest BCUT2D eigenvalue weighted by Crippen LogP contribution is 2.39. The van der Waals surface area contributed by atoms with Crippen molar-refractivity contribution in [3.05, 3.63) is 70.3 Å². The molecule has 1 aliphatic rings. The van der Waals surface area contributed by atoms with Crippen molar-refractivity contribution in [3.8, 4) is 0 Å². The minimum Gasteiger partial charge on any atom is -0.207 e. The van der Waals surface area contributed by atoms with Gasteiger partial charge in [-0.3, -0.25) is 0 Å². The Balaban J connectivity index is 1.87. The average Bonchev–Trinajstić information content (AvgIpc) is 2.50. The number of halogens is 3. The molecule has 0 radical (unpaired) electrons. The van der Waals surface area contributed by atoms with E-state index >= 15 is 0 Å². The molecule has 0 amide bonds. The Morgan fingerprint density at radius 1 is 1.10 bits per heavy atom. The van der Waals surface area contributed by atoms with Crippen molar-refractivity contribution in [2.75, 3.05) is 0 Å². The standard InChI is InChI=1S/C18H17ClF2/c1-11-8-17(21)15(10-16(11)20)18(19)14-7-6-12-4-2-3-5-13(12)9-14/h2-5,8,10,14,18H,6-7,9H2,1H3. The van der Waals surface area contributed by atoms with Crippen molar-refractivity contribution in [1.82, 2.24) is 0 Å². The molecular formula is C18H17ClF2. The lowest BCUT2D eigenvalue weighted by Crippen LogP contribution is -2.19. The molecule has 3 rings (SSSR count). The lowest BCUT2D eigenvalue weighted by molar-refractivity contribution is 0.432. The van der Waals surface area contributed by atoms with Crippen LogP contribution in [-0.2, 0) is 12.8 Å². The molecule has 0 saturated carbocycles. The van der Waals surface area contributed by atoms with E-state index in [2.05, 4.69) is 12.1 Å². The summed E-state index contributed by atoms with van der Waals surface area (Å²) >= 11 is 6.47. The highest BCUT2D eigenvalue weighted by atomic mass is 35.5. The van der Waals surface area contributed by atoms with Crippen LogP contribution in [0.3, 0.4) is 0 Å². The molecule has 0 N–H and O–H groups in total. The van der Waals surface area contributed by atoms with E-state index in [-0.39, 0.29) is 11.5 Å². The van der Waals surface area contributed by atoms with E-state index < -0.39 is 17.0 Å². The van der Waals surface area contributed by atoms with Gasteiger partial charge < -0.3 is 0 Å². The van der Waals surface area contributed by atoms with Crippen LogP contribution in [0.1, 0.15) is 34.1 Å². The van der Waals surface area contributed by atoms with Gasteiger partial charge >= 0.3 is 0 Å². The van der Waals surface area contributed by atoms with Crippen LogP contribution in [0.2, 0.25) is 0 Å². The van der Waals surface area contributed by atoms with Gasteiger partial charge in [-0.25, -0.2) is 8.78 Å². The Morgan fingerprint density at radius 2 is 1.81 bits per heavy atom. The Kier molecular flexibility index (Phi) is 3.99. The first-order valence-corrected chi connectivity index (χ1v) is 7.66. The first kappa shape index (κ1) is 14.5. The van der Waals surface area contributed by atoms with E-state index in [0.29, 0.717) is 5.56 Å². The third kappa shape index (κ3) is 2.82. The van der Waals surface area contributed by atoms with Crippen LogP contribution in [-0.4, -0.2) is 0 Å². The smallest absolute Gasteiger partial charge is 0.128 e. The molecule has 0 spiro atoms. The van der Waals surface area contributed by atoms with Gasteiger partial charge in [-0.15, -0.1) is 11.6 Å². The maximum atomic E-state index is 14.1. The molecule has 0 aliphatic heterocycles. The van der Waals surface area contributed by atoms with Gasteiger partial charge in [0.15, 0.2) is 0 Å². The summed E-state index contributed by atoms with van der Waals surface area (Å²) in [4.78, 5) is 0. The fourth-order valence-corrected chi connectivity index (χ4v) is 3.48. The number of alkyl halides is 1. The molecule has 21 heavy (non-hydrogen) atoms. The number of aryl methyl sites for hydroxylation is 2. The summed E-state index contributed by atoms with van der Waals surface area (Å²) in [6.07, 6.45) is 2.67. The predicted molar refractivity (Wildman–Crippen MR) is 81.6 cm³/mol. The molecule has 1 aliphatic carbocycles. The summed E-state index contributed by atoms with van der Waals surface area (Å²) in [5, 5.41) is -0.492. The minimum absolute atomic E-state index is 0.137. The van der Waals surface area contributed by atoms with Gasteiger partial charge in [-0.2, -0.15) is 0 Å². The second kappa shape index (κ2) is 5.76. The zero-order valence-corrected chi connectivity index (χ0v) is 12.6. The van der Waals surface area contributed by atoms with Crippen molar-refractivity contribution < 1.29 is 8.78 Å². The summed E-state index contributed by atoms with van der Waals surface area (Å²) in [6, 6.07) is 10.8. The van der Waals surface area contributed by atoms with Crippen LogP contribution in [0, 0.1) is 24.5 Å². The zero-order valence-electron chi connectivity index (χ0n) is 11.9. The van der Waals surface area contributed by atoms with Crippen LogP contribution >= 0.6 is 11.6 Å². The van der Waals surface area contributed by atoms with Crippen molar-refractivity contribution >= 4 is 11.6 Å². The summed E-state index contributed by atoms with van der Waals surface area (Å²) in [5.74, 6) is -0.667. The average molecular weight is 307 g/mol. The summed E-state index contributed by atoms with van der Waals surface area (Å²) in [6.45, 7) is 1.56. The fourth-order valence-electron chi connectivity index (χ4n) is 3.10. The normalized spacial score (nSPS) is 19.1. The van der Waals surface area contributed by atoms with E-state index in [0.717, 1.165) is 19.3 Å². The van der Waals surface area contributed by atoms with Gasteiger partial charge in [0.1, 0.15) is 11.6 Å². The predicted octanol–water partition coefficient (Wildman–Crippen LogP) is 5.36. The molecule has 0 saturated heterocycles. The second-order valence-electron chi connectivity index (χ2n) is 5.80. The molecule has 2 atom stereocenters. The Hall–Kier alpha value is -1.41. The SMILES string of the molecule is Cc1cc(F)c(C(Cl)C2CCc3ccccc3C2)cc1F. The van der Waals surface area contributed by atoms with E-state index in [1.54, 1.807) is 6.92 Å². The molecule has 0 nitrogen and oxygen atoms in total. The topological polar surface area (TPSA) is 0 Å². The highest BCUT2D eigenvalue weighted by molar-refractivity contribution is 6.21. The summed E-state index contributed by atoms with van der Waals surface area (Å²) < 4.78 is 27.8. The lowest BCUT2D eigenvalue weighted by Gasteiger charge is -2.28. The van der Waals surface area contributed by atoms with Crippen LogP contribution < -0.4 is 0 Å². The van der Waals surface area contributed by atoms with Crippen molar-refractivity contribution in [2.45, 2.75) is 31.6 Å². The number of hydrogen-bond donors (Lipinski definition) is 0. The van der Waals surface area contributed by atoms with Crippen molar-refractivity contribution in [1.29, 1.82) is 0 Å². The molecule has 0 aromatic heterocycles. The number of hydrogen-bond acceptors (Lipinski definition) is 0. The van der Waals surface area contributed by atoms with E-state index in [4.69, 9.17) is 11.6 Å². The first-order valence-electron chi connectivity index (χ1n) is 7.22. The van der Waals surface area contributed by atoms with Crippen LogP contribution in [0.15, 0.2) is 36.4 Å². The molecule has 0 heterocycles. The van der Waals surface area contributed by atoms with E-state index in [9.17, 15) is 8.78 Å². The molecule has 0 fully saturated rings. The Labute approximate surface area is 128 Å². The van der Waals surface area contributed by atoms with E-state index in [1.807, 2.05) is 12.1 Å². The number of fused-ring (bicyclic) bond motifs is 1. The van der Waals surface area contributed by atoms with Crippen LogP contribution in [0.4, 0.5) is 8.78 Å². The first-order chi connectivity index (χ1) is 10.1. The molecule has 110 valence electrons. The van der Waals surface area contributed by atoms with Gasteiger partial charge in [-0.05, 0) is 60.9 Å². The molecule has 2 aromatic carbocycles. The molecule has 2 unspecified atom stereocenters. The number of benzene rings is 2. The van der Waals surface area contributed by atoms with Crippen LogP contribution in [0.5, 0.6) is 0 Å². The Bertz CT molecular complexity index is 666. The summed E-state index contributed by atoms with van der Waals surface area (Å²) in [5.41, 5.74) is 3.21. The molecule has 3 heteroatoms. The fraction of sp³-hybridized carbons (Fsp3) is 0.333. The van der Waals surface area contributed by atoms with Crippen molar-refractivity contribution in [3.63, 3.8) is 0 Å². The number of rotatable bonds is 2. The maximum absolute atomic E-state index is 14.1. The highest BCUT2D eigenvalue weighted by Gasteiger charge is 2.28. The quantitative estimate of drug-likeness (QED) is 0.655. The minimum atomic E-state index is -0.492. The molecular weight excluding hydrogens is 290 g/mol. The van der Waals surface area contributed by atoms with Gasteiger partial charge in [0.05, 0.1) is 5.38 Å². The van der Waals surface area contributed by atoms with E-state index in [1.165, 1.54) is 23.3 Å². The van der Waals surface area contributed by atoms with Gasteiger partial charge in [0, 0.05) is 5.56 Å². The second-order valence-corrected chi connectivity index (χ2v) is 6.27. The Morgan fingerprint density at radius 3 is 2.57 bits per heavy atom. The third-order valence-corrected chi connectivity index (χ3v) is 4.97. The van der Waals surface area contributed by atoms with Gasteiger partial charge in [0.2, 0.25) is 0 Å². The summed E-state index contributed by atoms with van der Waals surface area (Å²) in [7, 11) is 0. The van der Waals surface area contributed by atoms with Gasteiger partial charge in [0.25, 0.3) is 0 Å². The molecule has 0 bridgehead atoms. The van der Waals surface area contributed by atoms with Crippen molar-refractivity contribution in [2.24, 2.45) is 5.92 Å². The van der Waals surface area contributed by atoms with Gasteiger partial charge in [-0.1, -0.05) is 24.3 Å². The monoisotopic (exact) mass is 306 g/mol. The molecule has 2 aromatic rings. The lowest BCUT2D eigenvalue weighted by atomic mass is 9.80. The zero-order chi connectivity index (χ0) is 15.0. The third-order valence-electron chi connectivity index (χ3n) is 4.37.